The monoisotopic (exact) mass is 430 g/mol. The quantitative estimate of drug-likeness (QED) is 0.624. The van der Waals surface area contributed by atoms with Crippen molar-refractivity contribution in [2.45, 2.75) is 36.2 Å². The molecule has 1 N–H and O–H groups in total. The zero-order valence-electron chi connectivity index (χ0n) is 15.8. The maximum Gasteiger partial charge on any atom is 0.253 e. The normalized spacial score (nSPS) is 17.4. The number of sulfonamides is 1. The van der Waals surface area contributed by atoms with Crippen molar-refractivity contribution in [3.63, 3.8) is 0 Å². The summed E-state index contributed by atoms with van der Waals surface area (Å²) < 4.78 is 29.1. The van der Waals surface area contributed by atoms with Gasteiger partial charge in [-0.1, -0.05) is 30.3 Å². The average molecular weight is 431 g/mol. The Hall–Kier alpha value is -2.49. The second-order valence-electron chi connectivity index (χ2n) is 6.94. The summed E-state index contributed by atoms with van der Waals surface area (Å²) in [6, 6.07) is 12.5. The van der Waals surface area contributed by atoms with Crippen LogP contribution >= 0.6 is 11.3 Å². The fraction of sp³-hybridized carbons (Fsp3) is 0.300. The van der Waals surface area contributed by atoms with Gasteiger partial charge in [-0.15, -0.1) is 11.3 Å². The molecule has 0 bridgehead atoms. The smallest absolute Gasteiger partial charge is 0.253 e. The van der Waals surface area contributed by atoms with E-state index in [0.29, 0.717) is 32.5 Å². The summed E-state index contributed by atoms with van der Waals surface area (Å²) in [6.07, 6.45) is 4.88. The second kappa shape index (κ2) is 8.48. The van der Waals surface area contributed by atoms with Crippen LogP contribution in [0.5, 0.6) is 0 Å². The first-order chi connectivity index (χ1) is 14.0. The highest BCUT2D eigenvalue weighted by Crippen LogP contribution is 2.28. The van der Waals surface area contributed by atoms with Gasteiger partial charge in [0.2, 0.25) is 5.91 Å². The van der Waals surface area contributed by atoms with Crippen molar-refractivity contribution < 1.29 is 13.2 Å². The van der Waals surface area contributed by atoms with Gasteiger partial charge >= 0.3 is 0 Å². The van der Waals surface area contributed by atoms with E-state index in [1.165, 1.54) is 15.6 Å². The van der Waals surface area contributed by atoms with Gasteiger partial charge in [0.1, 0.15) is 10.3 Å². The number of aromatic nitrogens is 2. The molecule has 1 aliphatic heterocycles. The average Bonchev–Trinajstić information content (AvgIpc) is 3.49. The van der Waals surface area contributed by atoms with E-state index in [9.17, 15) is 13.2 Å². The molecule has 9 heteroatoms. The fourth-order valence-electron chi connectivity index (χ4n) is 3.47. The first-order valence-electron chi connectivity index (χ1n) is 9.42. The third-order valence-electron chi connectivity index (χ3n) is 4.96. The number of thiophene rings is 1. The van der Waals surface area contributed by atoms with E-state index in [0.717, 1.165) is 11.1 Å². The molecule has 152 valence electrons. The molecule has 3 aromatic rings. The molecule has 1 aromatic carbocycles. The van der Waals surface area contributed by atoms with Gasteiger partial charge in [-0.05, 0) is 41.5 Å². The summed E-state index contributed by atoms with van der Waals surface area (Å²) in [7, 11) is -3.62. The maximum atomic E-state index is 12.8. The van der Waals surface area contributed by atoms with Crippen molar-refractivity contribution in [2.75, 3.05) is 6.54 Å². The van der Waals surface area contributed by atoms with Crippen LogP contribution in [0.1, 0.15) is 24.0 Å². The van der Waals surface area contributed by atoms with Crippen molar-refractivity contribution in [2.24, 2.45) is 0 Å². The highest BCUT2D eigenvalue weighted by molar-refractivity contribution is 7.91. The van der Waals surface area contributed by atoms with Crippen LogP contribution in [0.15, 0.2) is 64.4 Å². The first-order valence-corrected chi connectivity index (χ1v) is 11.7. The number of amides is 1. The predicted molar refractivity (Wildman–Crippen MR) is 111 cm³/mol. The van der Waals surface area contributed by atoms with Gasteiger partial charge in [0.15, 0.2) is 0 Å². The van der Waals surface area contributed by atoms with E-state index in [-0.39, 0.29) is 10.1 Å². The van der Waals surface area contributed by atoms with Crippen molar-refractivity contribution >= 4 is 27.3 Å². The molecule has 0 radical (unpaired) electrons. The number of nitrogens with one attached hydrogen (secondary N) is 1. The zero-order valence-corrected chi connectivity index (χ0v) is 17.4. The summed E-state index contributed by atoms with van der Waals surface area (Å²) in [4.78, 5) is 12.7. The molecule has 0 aliphatic carbocycles. The van der Waals surface area contributed by atoms with Gasteiger partial charge in [-0.2, -0.15) is 9.40 Å². The number of carbonyl (C=O) groups is 1. The van der Waals surface area contributed by atoms with E-state index < -0.39 is 16.1 Å². The Bertz CT molecular complexity index is 1050. The molecule has 29 heavy (non-hydrogen) atoms. The molecule has 0 unspecified atom stereocenters. The van der Waals surface area contributed by atoms with Gasteiger partial charge in [-0.3, -0.25) is 9.48 Å². The van der Waals surface area contributed by atoms with Crippen LogP contribution in [-0.2, 0) is 27.9 Å². The van der Waals surface area contributed by atoms with Gasteiger partial charge < -0.3 is 5.32 Å². The highest BCUT2D eigenvalue weighted by Gasteiger charge is 2.39. The maximum absolute atomic E-state index is 12.8. The van der Waals surface area contributed by atoms with Gasteiger partial charge in [0.05, 0.1) is 6.54 Å². The van der Waals surface area contributed by atoms with Crippen LogP contribution < -0.4 is 5.32 Å². The number of carbonyl (C=O) groups excluding carboxylic acids is 1. The van der Waals surface area contributed by atoms with Crippen molar-refractivity contribution in [3.8, 4) is 0 Å². The summed E-state index contributed by atoms with van der Waals surface area (Å²) in [5.41, 5.74) is 2.08. The Kier molecular flexibility index (Phi) is 5.79. The molecular formula is C20H22N4O3S2. The molecule has 0 saturated carbocycles. The number of nitrogens with zero attached hydrogens (tertiary/aromatic N) is 3. The Morgan fingerprint density at radius 3 is 2.66 bits per heavy atom. The number of rotatable bonds is 7. The van der Waals surface area contributed by atoms with Gasteiger partial charge in [0.25, 0.3) is 10.0 Å². The largest absolute Gasteiger partial charge is 0.351 e. The second-order valence-corrected chi connectivity index (χ2v) is 10.0. The number of benzene rings is 1. The summed E-state index contributed by atoms with van der Waals surface area (Å²) in [5.74, 6) is -0.247. The topological polar surface area (TPSA) is 84.3 Å². The Morgan fingerprint density at radius 1 is 1.17 bits per heavy atom. The summed E-state index contributed by atoms with van der Waals surface area (Å²) in [5, 5.41) is 8.81. The molecule has 0 spiro atoms. The van der Waals surface area contributed by atoms with Crippen LogP contribution in [0.4, 0.5) is 0 Å². The summed E-state index contributed by atoms with van der Waals surface area (Å²) >= 11 is 1.18. The minimum absolute atomic E-state index is 0.247. The fourth-order valence-corrected chi connectivity index (χ4v) is 6.24. The molecule has 4 rings (SSSR count). The van der Waals surface area contributed by atoms with Crippen LogP contribution in [-0.4, -0.2) is 41.0 Å². The van der Waals surface area contributed by atoms with Crippen LogP contribution in [0.25, 0.3) is 0 Å². The van der Waals surface area contributed by atoms with E-state index >= 15 is 0 Å². The lowest BCUT2D eigenvalue weighted by Crippen LogP contribution is -2.45. The summed E-state index contributed by atoms with van der Waals surface area (Å²) in [6.45, 7) is 1.43. The van der Waals surface area contributed by atoms with Gasteiger partial charge in [-0.25, -0.2) is 8.42 Å². The standard InChI is InChI=1S/C20H22N4O3S2/c25-20(18-4-1-12-24(18)29(26,27)19-5-2-13-28-19)21-14-16-6-8-17(9-7-16)15-23-11-3-10-22-23/h2-3,5-11,13,18H,1,4,12,14-15H2,(H,21,25)/t18-/m1/s1. The molecule has 1 aliphatic rings. The van der Waals surface area contributed by atoms with E-state index in [2.05, 4.69) is 10.4 Å². The highest BCUT2D eigenvalue weighted by atomic mass is 32.2. The lowest BCUT2D eigenvalue weighted by atomic mass is 10.1. The Morgan fingerprint density at radius 2 is 1.97 bits per heavy atom. The van der Waals surface area contributed by atoms with Crippen molar-refractivity contribution in [1.29, 1.82) is 0 Å². The molecule has 1 fully saturated rings. The van der Waals surface area contributed by atoms with E-state index in [1.807, 2.05) is 41.2 Å². The minimum Gasteiger partial charge on any atom is -0.351 e. The molecule has 7 nitrogen and oxygen atoms in total. The first kappa shape index (κ1) is 19.8. The van der Waals surface area contributed by atoms with Crippen LogP contribution in [0.3, 0.4) is 0 Å². The SMILES string of the molecule is O=C(NCc1ccc(Cn2cccn2)cc1)[C@H]1CCCN1S(=O)(=O)c1cccs1. The Labute approximate surface area is 174 Å². The molecule has 1 atom stereocenters. The number of hydrogen-bond acceptors (Lipinski definition) is 5. The molecular weight excluding hydrogens is 408 g/mol. The van der Waals surface area contributed by atoms with Crippen molar-refractivity contribution in [3.05, 3.63) is 71.4 Å². The minimum atomic E-state index is -3.62. The van der Waals surface area contributed by atoms with Crippen molar-refractivity contribution in [1.82, 2.24) is 19.4 Å². The third-order valence-corrected chi connectivity index (χ3v) is 8.24. The van der Waals surface area contributed by atoms with Gasteiger partial charge in [0, 0.05) is 25.5 Å². The Balaban J connectivity index is 1.36. The lowest BCUT2D eigenvalue weighted by molar-refractivity contribution is -0.124. The molecule has 3 heterocycles. The van der Waals surface area contributed by atoms with Crippen LogP contribution in [0, 0.1) is 0 Å². The molecule has 2 aromatic heterocycles. The predicted octanol–water partition coefficient (Wildman–Crippen LogP) is 2.46. The van der Waals surface area contributed by atoms with E-state index in [1.54, 1.807) is 23.7 Å². The number of hydrogen-bond donors (Lipinski definition) is 1. The molecule has 1 saturated heterocycles. The van der Waals surface area contributed by atoms with E-state index in [4.69, 9.17) is 0 Å². The zero-order chi connectivity index (χ0) is 20.3. The third kappa shape index (κ3) is 4.42. The molecule has 1 amide bonds. The lowest BCUT2D eigenvalue weighted by Gasteiger charge is -2.22. The van der Waals surface area contributed by atoms with Crippen LogP contribution in [0.2, 0.25) is 0 Å².